The summed E-state index contributed by atoms with van der Waals surface area (Å²) >= 11 is 6.00. The van der Waals surface area contributed by atoms with E-state index in [-0.39, 0.29) is 15.6 Å². The van der Waals surface area contributed by atoms with Crippen LogP contribution in [0.15, 0.2) is 34.1 Å². The lowest BCUT2D eigenvalue weighted by atomic mass is 10.1. The maximum Gasteiger partial charge on any atom is 0.214 e. The van der Waals surface area contributed by atoms with Crippen molar-refractivity contribution >= 4 is 32.9 Å². The standard InChI is InChI=1S/C17H18ClN5O2S/c1-10-13-9-20-7-6-14(13)23-17(21-10)15(16(19-2)22-23)26(24,25)12-5-3-4-11(18)8-12/h3-5,8,20H,6-7,9H2,1-2H3,(H,19,22). The van der Waals surface area contributed by atoms with Crippen LogP contribution in [0.1, 0.15) is 17.0 Å². The number of nitrogens with one attached hydrogen (secondary N) is 2. The van der Waals surface area contributed by atoms with E-state index in [9.17, 15) is 8.42 Å². The molecule has 0 unspecified atom stereocenters. The van der Waals surface area contributed by atoms with E-state index in [1.54, 1.807) is 23.7 Å². The highest BCUT2D eigenvalue weighted by molar-refractivity contribution is 7.91. The van der Waals surface area contributed by atoms with Crippen LogP contribution in [0.25, 0.3) is 5.65 Å². The molecule has 9 heteroatoms. The highest BCUT2D eigenvalue weighted by atomic mass is 35.5. The maximum absolute atomic E-state index is 13.3. The number of sulfone groups is 1. The summed E-state index contributed by atoms with van der Waals surface area (Å²) < 4.78 is 28.3. The Hall–Kier alpha value is -2.16. The third-order valence-electron chi connectivity index (χ3n) is 4.59. The van der Waals surface area contributed by atoms with Gasteiger partial charge >= 0.3 is 0 Å². The van der Waals surface area contributed by atoms with E-state index < -0.39 is 9.84 Å². The van der Waals surface area contributed by atoms with Crippen LogP contribution in [0, 0.1) is 6.92 Å². The number of anilines is 1. The van der Waals surface area contributed by atoms with Crippen molar-refractivity contribution in [2.24, 2.45) is 0 Å². The minimum atomic E-state index is -3.84. The second kappa shape index (κ2) is 6.22. The second-order valence-electron chi connectivity index (χ2n) is 6.17. The average molecular weight is 392 g/mol. The Morgan fingerprint density at radius 3 is 2.88 bits per heavy atom. The van der Waals surface area contributed by atoms with E-state index in [1.165, 1.54) is 12.1 Å². The molecule has 136 valence electrons. The van der Waals surface area contributed by atoms with Gasteiger partial charge < -0.3 is 10.6 Å². The smallest absolute Gasteiger partial charge is 0.214 e. The fourth-order valence-electron chi connectivity index (χ4n) is 3.31. The molecule has 0 atom stereocenters. The number of aromatic nitrogens is 3. The molecule has 26 heavy (non-hydrogen) atoms. The zero-order chi connectivity index (χ0) is 18.5. The molecule has 0 spiro atoms. The quantitative estimate of drug-likeness (QED) is 0.711. The number of halogens is 1. The van der Waals surface area contributed by atoms with Gasteiger partial charge in [-0.2, -0.15) is 0 Å². The highest BCUT2D eigenvalue weighted by Gasteiger charge is 2.30. The molecule has 1 aromatic carbocycles. The Morgan fingerprint density at radius 1 is 1.35 bits per heavy atom. The second-order valence-corrected chi connectivity index (χ2v) is 8.50. The summed E-state index contributed by atoms with van der Waals surface area (Å²) in [6.07, 6.45) is 0.761. The SMILES string of the molecule is CNc1nn2c3c(c(C)nc2c1S(=O)(=O)c1cccc(Cl)c1)CNCC3. The van der Waals surface area contributed by atoms with Crippen molar-refractivity contribution in [2.45, 2.75) is 29.7 Å². The molecule has 2 N–H and O–H groups in total. The van der Waals surface area contributed by atoms with Crippen LogP contribution in [0.5, 0.6) is 0 Å². The molecule has 0 saturated heterocycles. The first kappa shape index (κ1) is 17.3. The highest BCUT2D eigenvalue weighted by Crippen LogP contribution is 2.33. The summed E-state index contributed by atoms with van der Waals surface area (Å²) in [6.45, 7) is 3.42. The van der Waals surface area contributed by atoms with Crippen LogP contribution in [0.3, 0.4) is 0 Å². The number of hydrogen-bond acceptors (Lipinski definition) is 6. The van der Waals surface area contributed by atoms with Gasteiger partial charge in [0, 0.05) is 42.8 Å². The topological polar surface area (TPSA) is 88.4 Å². The number of hydrogen-bond donors (Lipinski definition) is 2. The lowest BCUT2D eigenvalue weighted by Gasteiger charge is -2.19. The normalized spacial score (nSPS) is 14.4. The van der Waals surface area contributed by atoms with Crippen LogP contribution in [0.2, 0.25) is 5.02 Å². The van der Waals surface area contributed by atoms with Gasteiger partial charge in [-0.1, -0.05) is 17.7 Å². The molecule has 0 bridgehead atoms. The summed E-state index contributed by atoms with van der Waals surface area (Å²) in [5.41, 5.74) is 3.22. The third kappa shape index (κ3) is 2.56. The van der Waals surface area contributed by atoms with Crippen LogP contribution in [-0.4, -0.2) is 36.6 Å². The van der Waals surface area contributed by atoms with E-state index in [2.05, 4.69) is 20.7 Å². The van der Waals surface area contributed by atoms with Gasteiger partial charge in [-0.25, -0.2) is 17.9 Å². The van der Waals surface area contributed by atoms with Gasteiger partial charge in [0.25, 0.3) is 0 Å². The van der Waals surface area contributed by atoms with Crippen molar-refractivity contribution in [1.82, 2.24) is 19.9 Å². The van der Waals surface area contributed by atoms with Crippen molar-refractivity contribution in [1.29, 1.82) is 0 Å². The first-order valence-electron chi connectivity index (χ1n) is 8.23. The monoisotopic (exact) mass is 391 g/mol. The Bertz CT molecular complexity index is 1120. The van der Waals surface area contributed by atoms with Gasteiger partial charge in [0.2, 0.25) is 9.84 Å². The molecule has 3 aromatic rings. The molecule has 0 amide bonds. The number of benzene rings is 1. The number of nitrogens with zero attached hydrogens (tertiary/aromatic N) is 3. The first-order chi connectivity index (χ1) is 12.4. The molecule has 3 heterocycles. The molecule has 0 fully saturated rings. The van der Waals surface area contributed by atoms with Gasteiger partial charge in [0.1, 0.15) is 0 Å². The Morgan fingerprint density at radius 2 is 2.15 bits per heavy atom. The zero-order valence-corrected chi connectivity index (χ0v) is 15.9. The van der Waals surface area contributed by atoms with Crippen molar-refractivity contribution in [2.75, 3.05) is 18.9 Å². The van der Waals surface area contributed by atoms with Gasteiger partial charge in [0.15, 0.2) is 16.4 Å². The summed E-state index contributed by atoms with van der Waals surface area (Å²) in [7, 11) is -2.19. The zero-order valence-electron chi connectivity index (χ0n) is 14.4. The largest absolute Gasteiger partial charge is 0.370 e. The van der Waals surface area contributed by atoms with Gasteiger partial charge in [-0.15, -0.1) is 5.10 Å². The van der Waals surface area contributed by atoms with Crippen molar-refractivity contribution in [3.05, 3.63) is 46.2 Å². The first-order valence-corrected chi connectivity index (χ1v) is 10.1. The van der Waals surface area contributed by atoms with E-state index in [1.807, 2.05) is 6.92 Å². The minimum Gasteiger partial charge on any atom is -0.370 e. The minimum absolute atomic E-state index is 0.0756. The molecule has 0 radical (unpaired) electrons. The molecular weight excluding hydrogens is 374 g/mol. The van der Waals surface area contributed by atoms with Crippen molar-refractivity contribution in [3.63, 3.8) is 0 Å². The van der Waals surface area contributed by atoms with Crippen LogP contribution in [0.4, 0.5) is 5.82 Å². The molecule has 1 aliphatic rings. The van der Waals surface area contributed by atoms with E-state index in [4.69, 9.17) is 11.6 Å². The molecule has 2 aromatic heterocycles. The molecule has 4 rings (SSSR count). The fraction of sp³-hybridized carbons (Fsp3) is 0.294. The Kier molecular flexibility index (Phi) is 4.13. The van der Waals surface area contributed by atoms with Crippen molar-refractivity contribution < 1.29 is 8.42 Å². The van der Waals surface area contributed by atoms with Crippen LogP contribution >= 0.6 is 11.6 Å². The number of aryl methyl sites for hydroxylation is 1. The summed E-state index contributed by atoms with van der Waals surface area (Å²) in [4.78, 5) is 4.78. The van der Waals surface area contributed by atoms with Crippen LogP contribution < -0.4 is 10.6 Å². The summed E-state index contributed by atoms with van der Waals surface area (Å²) in [5, 5.41) is 11.1. The predicted octanol–water partition coefficient (Wildman–Crippen LogP) is 2.21. The molecule has 7 nitrogen and oxygen atoms in total. The van der Waals surface area contributed by atoms with E-state index in [0.29, 0.717) is 17.2 Å². The van der Waals surface area contributed by atoms with Gasteiger partial charge in [-0.05, 0) is 25.1 Å². The van der Waals surface area contributed by atoms with Crippen LogP contribution in [-0.2, 0) is 22.8 Å². The third-order valence-corrected chi connectivity index (χ3v) is 6.61. The van der Waals surface area contributed by atoms with E-state index in [0.717, 1.165) is 29.9 Å². The number of fused-ring (bicyclic) bond motifs is 3. The van der Waals surface area contributed by atoms with E-state index >= 15 is 0 Å². The predicted molar refractivity (Wildman–Crippen MR) is 99.6 cm³/mol. The molecular formula is C17H18ClN5O2S. The Labute approximate surface area is 156 Å². The lowest BCUT2D eigenvalue weighted by molar-refractivity contribution is 0.596. The maximum atomic E-state index is 13.3. The molecule has 0 aliphatic carbocycles. The average Bonchev–Trinajstić information content (AvgIpc) is 3.01. The molecule has 1 aliphatic heterocycles. The number of rotatable bonds is 3. The van der Waals surface area contributed by atoms with Gasteiger partial charge in [-0.3, -0.25) is 0 Å². The lowest BCUT2D eigenvalue weighted by Crippen LogP contribution is -2.27. The fourth-order valence-corrected chi connectivity index (χ4v) is 5.11. The van der Waals surface area contributed by atoms with Gasteiger partial charge in [0.05, 0.1) is 10.6 Å². The Balaban J connectivity index is 2.05. The van der Waals surface area contributed by atoms with Crippen molar-refractivity contribution in [3.8, 4) is 0 Å². The molecule has 0 saturated carbocycles. The summed E-state index contributed by atoms with van der Waals surface area (Å²) in [6, 6.07) is 6.22. The summed E-state index contributed by atoms with van der Waals surface area (Å²) in [5.74, 6) is 0.281.